The molecule has 2 N–H and O–H groups in total. The predicted octanol–water partition coefficient (Wildman–Crippen LogP) is 1.94. The lowest BCUT2D eigenvalue weighted by molar-refractivity contribution is -0.123. The molecule has 1 aliphatic heterocycles. The van der Waals surface area contributed by atoms with E-state index in [1.807, 2.05) is 11.8 Å². The fourth-order valence-corrected chi connectivity index (χ4v) is 4.18. The zero-order valence-electron chi connectivity index (χ0n) is 12.5. The molecule has 2 atom stereocenters. The van der Waals surface area contributed by atoms with Crippen molar-refractivity contribution in [2.75, 3.05) is 25.4 Å². The first-order valence-electron chi connectivity index (χ1n) is 8.01. The van der Waals surface area contributed by atoms with E-state index in [0.717, 1.165) is 44.0 Å². The summed E-state index contributed by atoms with van der Waals surface area (Å²) in [5.41, 5.74) is 0. The molecule has 20 heavy (non-hydrogen) atoms. The van der Waals surface area contributed by atoms with E-state index in [0.29, 0.717) is 25.2 Å². The Morgan fingerprint density at radius 3 is 2.85 bits per heavy atom. The van der Waals surface area contributed by atoms with E-state index >= 15 is 0 Å². The number of carbonyl (C=O) groups excluding carboxylic acids is 1. The molecule has 1 saturated carbocycles. The Morgan fingerprint density at radius 1 is 1.30 bits per heavy atom. The molecule has 0 spiro atoms. The summed E-state index contributed by atoms with van der Waals surface area (Å²) in [6.07, 6.45) is 6.51. The van der Waals surface area contributed by atoms with Gasteiger partial charge < -0.3 is 15.4 Å². The van der Waals surface area contributed by atoms with Crippen LogP contribution in [-0.4, -0.2) is 48.8 Å². The second kappa shape index (κ2) is 8.90. The summed E-state index contributed by atoms with van der Waals surface area (Å²) in [4.78, 5) is 11.9. The van der Waals surface area contributed by atoms with E-state index < -0.39 is 0 Å². The number of ether oxygens (including phenoxy) is 1. The van der Waals surface area contributed by atoms with E-state index in [1.54, 1.807) is 0 Å². The molecule has 2 unspecified atom stereocenters. The van der Waals surface area contributed by atoms with Crippen molar-refractivity contribution in [3.05, 3.63) is 0 Å². The minimum atomic E-state index is 0.158. The predicted molar refractivity (Wildman–Crippen MR) is 84.2 cm³/mol. The van der Waals surface area contributed by atoms with Gasteiger partial charge >= 0.3 is 0 Å². The summed E-state index contributed by atoms with van der Waals surface area (Å²) in [7, 11) is 0. The van der Waals surface area contributed by atoms with Crippen LogP contribution in [0.1, 0.15) is 45.4 Å². The molecule has 0 radical (unpaired) electrons. The normalized spacial score (nSPS) is 27.6. The minimum absolute atomic E-state index is 0.158. The van der Waals surface area contributed by atoms with E-state index in [9.17, 15) is 4.79 Å². The van der Waals surface area contributed by atoms with Gasteiger partial charge in [0.05, 0.1) is 12.7 Å². The average Bonchev–Trinajstić information content (AvgIpc) is 2.88. The lowest BCUT2D eigenvalue weighted by atomic mass is 10.1. The molecule has 5 heteroatoms. The number of hydrogen-bond acceptors (Lipinski definition) is 4. The highest BCUT2D eigenvalue weighted by molar-refractivity contribution is 7.99. The van der Waals surface area contributed by atoms with Crippen LogP contribution in [0.15, 0.2) is 0 Å². The molecular weight excluding hydrogens is 272 g/mol. The van der Waals surface area contributed by atoms with Gasteiger partial charge in [-0.3, -0.25) is 4.79 Å². The van der Waals surface area contributed by atoms with Gasteiger partial charge in [-0.1, -0.05) is 6.92 Å². The van der Waals surface area contributed by atoms with Crippen LogP contribution in [0, 0.1) is 0 Å². The lowest BCUT2D eigenvalue weighted by Crippen LogP contribution is -2.35. The first-order valence-corrected chi connectivity index (χ1v) is 9.06. The summed E-state index contributed by atoms with van der Waals surface area (Å²) < 4.78 is 5.77. The van der Waals surface area contributed by atoms with Crippen molar-refractivity contribution < 1.29 is 9.53 Å². The van der Waals surface area contributed by atoms with Gasteiger partial charge in [-0.05, 0) is 50.9 Å². The largest absolute Gasteiger partial charge is 0.378 e. The van der Waals surface area contributed by atoms with Crippen molar-refractivity contribution >= 4 is 17.7 Å². The highest BCUT2D eigenvalue weighted by atomic mass is 32.2. The lowest BCUT2D eigenvalue weighted by Gasteiger charge is -2.23. The molecule has 2 rings (SSSR count). The summed E-state index contributed by atoms with van der Waals surface area (Å²) in [6, 6.07) is 0.394. The number of piperidine rings is 1. The molecule has 0 aromatic rings. The van der Waals surface area contributed by atoms with Gasteiger partial charge in [0.25, 0.3) is 0 Å². The zero-order valence-corrected chi connectivity index (χ0v) is 13.3. The molecule has 0 aromatic heterocycles. The van der Waals surface area contributed by atoms with Crippen LogP contribution in [0.2, 0.25) is 0 Å². The maximum Gasteiger partial charge on any atom is 0.222 e. The maximum absolute atomic E-state index is 11.9. The smallest absolute Gasteiger partial charge is 0.222 e. The van der Waals surface area contributed by atoms with Gasteiger partial charge in [0, 0.05) is 17.7 Å². The minimum Gasteiger partial charge on any atom is -0.378 e. The third-order valence-electron chi connectivity index (χ3n) is 4.12. The number of nitrogens with one attached hydrogen (secondary N) is 2. The van der Waals surface area contributed by atoms with Gasteiger partial charge in [-0.15, -0.1) is 0 Å². The second-order valence-corrected chi connectivity index (χ2v) is 7.30. The van der Waals surface area contributed by atoms with Crippen molar-refractivity contribution in [2.45, 2.75) is 62.8 Å². The van der Waals surface area contributed by atoms with E-state index in [1.165, 1.54) is 12.2 Å². The second-order valence-electron chi connectivity index (χ2n) is 5.72. The molecule has 1 saturated heterocycles. The molecular formula is C15H28N2O2S. The SMILES string of the molecule is CCSC1CCC(NC(=O)CCOC2CCNCC2)C1. The van der Waals surface area contributed by atoms with E-state index in [-0.39, 0.29) is 5.91 Å². The summed E-state index contributed by atoms with van der Waals surface area (Å²) in [6.45, 7) is 4.84. The topological polar surface area (TPSA) is 50.4 Å². The van der Waals surface area contributed by atoms with Crippen molar-refractivity contribution in [3.8, 4) is 0 Å². The highest BCUT2D eigenvalue weighted by Crippen LogP contribution is 2.29. The summed E-state index contributed by atoms with van der Waals surface area (Å²) in [5.74, 6) is 1.33. The number of hydrogen-bond donors (Lipinski definition) is 2. The standard InChI is InChI=1S/C15H28N2O2S/c1-2-20-14-4-3-12(11-14)17-15(18)7-10-19-13-5-8-16-9-6-13/h12-14,16H,2-11H2,1H3,(H,17,18). The molecule has 2 fully saturated rings. The van der Waals surface area contributed by atoms with Crippen LogP contribution in [0.4, 0.5) is 0 Å². The van der Waals surface area contributed by atoms with E-state index in [4.69, 9.17) is 4.74 Å². The van der Waals surface area contributed by atoms with Gasteiger partial charge in [-0.25, -0.2) is 0 Å². The Morgan fingerprint density at radius 2 is 2.10 bits per heavy atom. The third-order valence-corrected chi connectivity index (χ3v) is 5.35. The average molecular weight is 300 g/mol. The van der Waals surface area contributed by atoms with Crippen molar-refractivity contribution in [1.82, 2.24) is 10.6 Å². The Kier molecular flexibility index (Phi) is 7.17. The quantitative estimate of drug-likeness (QED) is 0.754. The molecule has 1 amide bonds. The van der Waals surface area contributed by atoms with Gasteiger partial charge in [0.2, 0.25) is 5.91 Å². The molecule has 2 aliphatic rings. The fourth-order valence-electron chi connectivity index (χ4n) is 3.04. The summed E-state index contributed by atoms with van der Waals surface area (Å²) in [5, 5.41) is 7.22. The Labute approximate surface area is 126 Å². The van der Waals surface area contributed by atoms with Crippen molar-refractivity contribution in [1.29, 1.82) is 0 Å². The molecule has 1 heterocycles. The van der Waals surface area contributed by atoms with E-state index in [2.05, 4.69) is 17.6 Å². The first kappa shape index (κ1) is 16.1. The van der Waals surface area contributed by atoms with Gasteiger partial charge in [0.15, 0.2) is 0 Å². The van der Waals surface area contributed by atoms with Crippen LogP contribution in [0.3, 0.4) is 0 Å². The number of thioether (sulfide) groups is 1. The Bertz CT molecular complexity index is 296. The molecule has 0 aromatic carbocycles. The molecule has 1 aliphatic carbocycles. The van der Waals surface area contributed by atoms with Crippen LogP contribution < -0.4 is 10.6 Å². The number of rotatable bonds is 7. The molecule has 116 valence electrons. The zero-order chi connectivity index (χ0) is 14.2. The summed E-state index contributed by atoms with van der Waals surface area (Å²) >= 11 is 2.02. The fraction of sp³-hybridized carbons (Fsp3) is 0.933. The monoisotopic (exact) mass is 300 g/mol. The third kappa shape index (κ3) is 5.62. The maximum atomic E-state index is 11.9. The van der Waals surface area contributed by atoms with Crippen LogP contribution in [-0.2, 0) is 9.53 Å². The highest BCUT2D eigenvalue weighted by Gasteiger charge is 2.25. The first-order chi connectivity index (χ1) is 9.78. The molecule has 4 nitrogen and oxygen atoms in total. The van der Waals surface area contributed by atoms with Crippen LogP contribution in [0.25, 0.3) is 0 Å². The van der Waals surface area contributed by atoms with Crippen LogP contribution >= 0.6 is 11.8 Å². The number of amides is 1. The van der Waals surface area contributed by atoms with Gasteiger partial charge in [0.1, 0.15) is 0 Å². The van der Waals surface area contributed by atoms with Gasteiger partial charge in [-0.2, -0.15) is 11.8 Å². The Balaban J connectivity index is 1.54. The molecule has 0 bridgehead atoms. The number of carbonyl (C=O) groups is 1. The Hall–Kier alpha value is -0.260. The van der Waals surface area contributed by atoms with Crippen molar-refractivity contribution in [3.63, 3.8) is 0 Å². The van der Waals surface area contributed by atoms with Crippen molar-refractivity contribution in [2.24, 2.45) is 0 Å². The van der Waals surface area contributed by atoms with Crippen LogP contribution in [0.5, 0.6) is 0 Å².